The maximum absolute atomic E-state index is 11.2. The number of rotatable bonds is 5. The molecule has 0 fully saturated rings. The summed E-state index contributed by atoms with van der Waals surface area (Å²) in [5.74, 6) is 0.459. The molecule has 5 aromatic rings. The fourth-order valence-electron chi connectivity index (χ4n) is 3.19. The van der Waals surface area contributed by atoms with E-state index in [2.05, 4.69) is 4.98 Å². The number of hydrogen-bond acceptors (Lipinski definition) is 5. The third kappa shape index (κ3) is 3.31. The molecule has 0 aliphatic rings. The van der Waals surface area contributed by atoms with Crippen LogP contribution in [0.1, 0.15) is 10.5 Å². The van der Waals surface area contributed by atoms with Crippen LogP contribution in [0, 0.1) is 0 Å². The zero-order chi connectivity index (χ0) is 20.5. The number of aromatic nitrogens is 3. The smallest absolute Gasteiger partial charge is 0.355 e. The van der Waals surface area contributed by atoms with Crippen molar-refractivity contribution in [3.63, 3.8) is 0 Å². The van der Waals surface area contributed by atoms with Gasteiger partial charge in [0.15, 0.2) is 5.69 Å². The zero-order valence-electron chi connectivity index (χ0n) is 15.6. The van der Waals surface area contributed by atoms with Gasteiger partial charge in [-0.15, -0.1) is 11.3 Å². The second-order valence-corrected chi connectivity index (χ2v) is 7.37. The summed E-state index contributed by atoms with van der Waals surface area (Å²) < 4.78 is 7.56. The second-order valence-electron chi connectivity index (χ2n) is 6.54. The van der Waals surface area contributed by atoms with Crippen molar-refractivity contribution in [3.05, 3.63) is 89.9 Å². The van der Waals surface area contributed by atoms with E-state index >= 15 is 0 Å². The molecule has 0 unspecified atom stereocenters. The number of carboxylic acids is 1. The summed E-state index contributed by atoms with van der Waals surface area (Å²) in [6.45, 7) is 0. The number of aromatic carboxylic acids is 1. The summed E-state index contributed by atoms with van der Waals surface area (Å²) in [6.07, 6.45) is 0. The lowest BCUT2D eigenvalue weighted by atomic mass is 10.1. The van der Waals surface area contributed by atoms with Gasteiger partial charge in [0.05, 0.1) is 5.52 Å². The standard InChI is InChI=1S/C23H15N3O3S/c27-22(28)19-14-30-23(24-19)26-20-9-5-4-8-18(20)21(25-26)15-10-12-17(13-11-15)29-16-6-2-1-3-7-16/h1-14H,(H,27,28). The van der Waals surface area contributed by atoms with Crippen LogP contribution in [0.4, 0.5) is 0 Å². The molecular weight excluding hydrogens is 398 g/mol. The zero-order valence-corrected chi connectivity index (χ0v) is 16.4. The van der Waals surface area contributed by atoms with Gasteiger partial charge in [0.2, 0.25) is 5.13 Å². The predicted octanol–water partition coefficient (Wildman–Crippen LogP) is 5.64. The summed E-state index contributed by atoms with van der Waals surface area (Å²) in [5, 5.41) is 16.9. The average Bonchev–Trinajstić information content (AvgIpc) is 3.40. The largest absolute Gasteiger partial charge is 0.476 e. The van der Waals surface area contributed by atoms with E-state index in [1.807, 2.05) is 78.9 Å². The quantitative estimate of drug-likeness (QED) is 0.403. The van der Waals surface area contributed by atoms with E-state index in [0.29, 0.717) is 5.13 Å². The molecule has 0 amide bonds. The Morgan fingerprint density at radius 1 is 0.900 bits per heavy atom. The van der Waals surface area contributed by atoms with Crippen molar-refractivity contribution in [2.24, 2.45) is 0 Å². The van der Waals surface area contributed by atoms with Gasteiger partial charge in [0.1, 0.15) is 17.2 Å². The van der Waals surface area contributed by atoms with Gasteiger partial charge >= 0.3 is 5.97 Å². The van der Waals surface area contributed by atoms with Crippen molar-refractivity contribution in [2.45, 2.75) is 0 Å². The Morgan fingerprint density at radius 2 is 1.60 bits per heavy atom. The van der Waals surface area contributed by atoms with Crippen LogP contribution in [0.3, 0.4) is 0 Å². The molecule has 1 N–H and O–H groups in total. The minimum absolute atomic E-state index is 0.0125. The third-order valence-corrected chi connectivity index (χ3v) is 5.40. The van der Waals surface area contributed by atoms with Crippen molar-refractivity contribution >= 4 is 28.2 Å². The first-order chi connectivity index (χ1) is 14.7. The number of hydrogen-bond donors (Lipinski definition) is 1. The van der Waals surface area contributed by atoms with E-state index in [1.165, 1.54) is 16.7 Å². The van der Waals surface area contributed by atoms with Crippen LogP contribution >= 0.6 is 11.3 Å². The minimum atomic E-state index is -1.05. The number of benzene rings is 3. The topological polar surface area (TPSA) is 77.2 Å². The Morgan fingerprint density at radius 3 is 2.33 bits per heavy atom. The summed E-state index contributed by atoms with van der Waals surface area (Å²) in [7, 11) is 0. The Bertz CT molecular complexity index is 1340. The number of carboxylic acid groups (broad SMARTS) is 1. The molecule has 146 valence electrons. The maximum atomic E-state index is 11.2. The summed E-state index contributed by atoms with van der Waals surface area (Å²) in [4.78, 5) is 15.4. The van der Waals surface area contributed by atoms with Crippen molar-refractivity contribution in [1.29, 1.82) is 0 Å². The SMILES string of the molecule is O=C(O)c1csc(-n2nc(-c3ccc(Oc4ccccc4)cc3)c3ccccc32)n1. The Labute approximate surface area is 175 Å². The summed E-state index contributed by atoms with van der Waals surface area (Å²) in [5.41, 5.74) is 2.60. The molecule has 6 nitrogen and oxygen atoms in total. The van der Waals surface area contributed by atoms with Crippen LogP contribution in [-0.2, 0) is 0 Å². The molecular formula is C23H15N3O3S. The average molecular weight is 413 g/mol. The van der Waals surface area contributed by atoms with E-state index in [1.54, 1.807) is 4.68 Å². The molecule has 2 aromatic heterocycles. The second kappa shape index (κ2) is 7.46. The van der Waals surface area contributed by atoms with Gasteiger partial charge in [-0.2, -0.15) is 5.10 Å². The maximum Gasteiger partial charge on any atom is 0.355 e. The van der Waals surface area contributed by atoms with Crippen molar-refractivity contribution in [1.82, 2.24) is 14.8 Å². The van der Waals surface area contributed by atoms with E-state index in [9.17, 15) is 9.90 Å². The van der Waals surface area contributed by atoms with Crippen LogP contribution in [0.5, 0.6) is 11.5 Å². The van der Waals surface area contributed by atoms with Crippen molar-refractivity contribution in [2.75, 3.05) is 0 Å². The van der Waals surface area contributed by atoms with Gasteiger partial charge in [0.25, 0.3) is 0 Å². The fraction of sp³-hybridized carbons (Fsp3) is 0. The van der Waals surface area contributed by atoms with E-state index in [0.717, 1.165) is 33.7 Å². The molecule has 30 heavy (non-hydrogen) atoms. The molecule has 0 aliphatic carbocycles. The van der Waals surface area contributed by atoms with Gasteiger partial charge in [-0.1, -0.05) is 36.4 Å². The highest BCUT2D eigenvalue weighted by atomic mass is 32.1. The van der Waals surface area contributed by atoms with Crippen molar-refractivity contribution < 1.29 is 14.6 Å². The third-order valence-electron chi connectivity index (χ3n) is 4.59. The fourth-order valence-corrected chi connectivity index (χ4v) is 3.95. The summed E-state index contributed by atoms with van der Waals surface area (Å²) >= 11 is 1.25. The van der Waals surface area contributed by atoms with Crippen LogP contribution in [0.15, 0.2) is 84.2 Å². The molecule has 3 aromatic carbocycles. The number of thiazole rings is 1. The Hall–Kier alpha value is -3.97. The van der Waals surface area contributed by atoms with Crippen LogP contribution in [0.25, 0.3) is 27.3 Å². The summed E-state index contributed by atoms with van der Waals surface area (Å²) in [6, 6.07) is 25.2. The van der Waals surface area contributed by atoms with Gasteiger partial charge in [-0.25, -0.2) is 14.5 Å². The first-order valence-electron chi connectivity index (χ1n) is 9.19. The monoisotopic (exact) mass is 413 g/mol. The van der Waals surface area contributed by atoms with Crippen LogP contribution in [-0.4, -0.2) is 25.8 Å². The number of para-hydroxylation sites is 2. The first kappa shape index (κ1) is 18.1. The first-order valence-corrected chi connectivity index (χ1v) is 10.1. The normalized spacial score (nSPS) is 10.9. The lowest BCUT2D eigenvalue weighted by Gasteiger charge is -2.06. The van der Waals surface area contributed by atoms with Gasteiger partial charge < -0.3 is 9.84 Å². The molecule has 7 heteroatoms. The molecule has 0 atom stereocenters. The Balaban J connectivity index is 1.53. The van der Waals surface area contributed by atoms with Crippen LogP contribution in [0.2, 0.25) is 0 Å². The molecule has 5 rings (SSSR count). The molecule has 0 saturated heterocycles. The molecule has 0 bridgehead atoms. The number of ether oxygens (including phenoxy) is 1. The number of carbonyl (C=O) groups is 1. The molecule has 0 radical (unpaired) electrons. The van der Waals surface area contributed by atoms with Crippen LogP contribution < -0.4 is 4.74 Å². The molecule has 0 aliphatic heterocycles. The number of fused-ring (bicyclic) bond motifs is 1. The van der Waals surface area contributed by atoms with E-state index < -0.39 is 5.97 Å². The van der Waals surface area contributed by atoms with Gasteiger partial charge in [0, 0.05) is 16.3 Å². The lowest BCUT2D eigenvalue weighted by Crippen LogP contribution is -2.00. The van der Waals surface area contributed by atoms with Gasteiger partial charge in [-0.3, -0.25) is 0 Å². The van der Waals surface area contributed by atoms with E-state index in [-0.39, 0.29) is 5.69 Å². The molecule has 2 heterocycles. The van der Waals surface area contributed by atoms with E-state index in [4.69, 9.17) is 9.84 Å². The molecule has 0 spiro atoms. The number of nitrogens with zero attached hydrogens (tertiary/aromatic N) is 3. The highest BCUT2D eigenvalue weighted by Crippen LogP contribution is 2.32. The lowest BCUT2D eigenvalue weighted by molar-refractivity contribution is 0.0691. The van der Waals surface area contributed by atoms with Crippen molar-refractivity contribution in [3.8, 4) is 27.9 Å². The molecule has 0 saturated carbocycles. The minimum Gasteiger partial charge on any atom is -0.476 e. The predicted molar refractivity (Wildman–Crippen MR) is 116 cm³/mol. The van der Waals surface area contributed by atoms with Gasteiger partial charge in [-0.05, 0) is 42.5 Å². The highest BCUT2D eigenvalue weighted by Gasteiger charge is 2.17. The highest BCUT2D eigenvalue weighted by molar-refractivity contribution is 7.12. The Kier molecular flexibility index (Phi) is 4.49.